The summed E-state index contributed by atoms with van der Waals surface area (Å²) in [4.78, 5) is 0. The van der Waals surface area contributed by atoms with Crippen molar-refractivity contribution in [3.05, 3.63) is 119 Å². The highest BCUT2D eigenvalue weighted by Crippen LogP contribution is 2.57. The van der Waals surface area contributed by atoms with E-state index >= 15 is 0 Å². The van der Waals surface area contributed by atoms with E-state index in [0.29, 0.717) is 11.8 Å². The highest BCUT2D eigenvalue weighted by Gasteiger charge is 2.38. The average Bonchev–Trinajstić information content (AvgIpc) is 2.85. The molecule has 0 unspecified atom stereocenters. The summed E-state index contributed by atoms with van der Waals surface area (Å²) in [6.07, 6.45) is 9.36. The Morgan fingerprint density at radius 3 is 1.48 bits per heavy atom. The van der Waals surface area contributed by atoms with Crippen molar-refractivity contribution in [1.29, 1.82) is 0 Å². The van der Waals surface area contributed by atoms with Gasteiger partial charge < -0.3 is 5.32 Å². The third kappa shape index (κ3) is 2.38. The predicted molar refractivity (Wildman–Crippen MR) is 130 cm³/mol. The Balaban J connectivity index is 1.55. The molecule has 3 aliphatic rings. The molecule has 0 spiro atoms. The van der Waals surface area contributed by atoms with Crippen LogP contribution in [0.3, 0.4) is 0 Å². The van der Waals surface area contributed by atoms with Crippen LogP contribution in [0.15, 0.2) is 97.1 Å². The number of nitrogens with one attached hydrogen (secondary N) is 1. The molecule has 7 rings (SSSR count). The van der Waals surface area contributed by atoms with E-state index in [-0.39, 0.29) is 0 Å². The molecule has 4 aromatic carbocycles. The van der Waals surface area contributed by atoms with Crippen molar-refractivity contribution in [3.8, 4) is 22.3 Å². The van der Waals surface area contributed by atoms with Crippen LogP contribution >= 0.6 is 0 Å². The van der Waals surface area contributed by atoms with Gasteiger partial charge in [-0.15, -0.1) is 0 Å². The zero-order valence-corrected chi connectivity index (χ0v) is 17.0. The maximum absolute atomic E-state index is 3.94. The topological polar surface area (TPSA) is 12.0 Å². The number of hydrogen-bond acceptors (Lipinski definition) is 1. The molecule has 1 nitrogen and oxygen atoms in total. The van der Waals surface area contributed by atoms with Gasteiger partial charge in [0.25, 0.3) is 0 Å². The summed E-state index contributed by atoms with van der Waals surface area (Å²) in [5.41, 5.74) is 13.1. The van der Waals surface area contributed by atoms with Gasteiger partial charge in [0.15, 0.2) is 0 Å². The van der Waals surface area contributed by atoms with Crippen molar-refractivity contribution in [2.75, 3.05) is 5.32 Å². The molecule has 0 atom stereocenters. The van der Waals surface area contributed by atoms with E-state index in [1.807, 2.05) is 0 Å². The monoisotopic (exact) mass is 395 g/mol. The largest absolute Gasteiger partial charge is 0.354 e. The van der Waals surface area contributed by atoms with Gasteiger partial charge in [0.05, 0.1) is 11.4 Å². The summed E-state index contributed by atoms with van der Waals surface area (Å²) in [5.74, 6) is 0.759. The summed E-state index contributed by atoms with van der Waals surface area (Å²) in [6.45, 7) is 0. The lowest BCUT2D eigenvalue weighted by Gasteiger charge is -2.40. The van der Waals surface area contributed by atoms with Gasteiger partial charge in [-0.2, -0.15) is 0 Å². The van der Waals surface area contributed by atoms with Crippen LogP contribution in [0.4, 0.5) is 11.4 Å². The first kappa shape index (κ1) is 16.9. The summed E-state index contributed by atoms with van der Waals surface area (Å²) in [5, 5.41) is 3.94. The highest BCUT2D eigenvalue weighted by atomic mass is 14.9. The van der Waals surface area contributed by atoms with Gasteiger partial charge >= 0.3 is 0 Å². The highest BCUT2D eigenvalue weighted by molar-refractivity contribution is 5.97. The number of anilines is 2. The predicted octanol–water partition coefficient (Wildman–Crippen LogP) is 7.88. The first-order valence-electron chi connectivity index (χ1n) is 11.0. The first-order valence-corrected chi connectivity index (χ1v) is 11.0. The second-order valence-corrected chi connectivity index (χ2v) is 8.61. The van der Waals surface area contributed by atoms with Gasteiger partial charge in [-0.1, -0.05) is 109 Å². The Bertz CT molecular complexity index is 1290. The second-order valence-electron chi connectivity index (χ2n) is 8.61. The minimum atomic E-state index is 0.360. The smallest absolute Gasteiger partial charge is 0.0509 e. The second kappa shape index (κ2) is 6.33. The van der Waals surface area contributed by atoms with E-state index in [1.165, 1.54) is 55.9 Å². The third-order valence-corrected chi connectivity index (χ3v) is 6.98. The molecular weight excluding hydrogens is 374 g/mol. The fourth-order valence-electron chi connectivity index (χ4n) is 5.59. The van der Waals surface area contributed by atoms with Gasteiger partial charge in [0, 0.05) is 23.0 Å². The number of benzene rings is 4. The normalized spacial score (nSPS) is 19.0. The summed E-state index contributed by atoms with van der Waals surface area (Å²) in [6, 6.07) is 30.6. The Morgan fingerprint density at radius 2 is 1.00 bits per heavy atom. The molecule has 1 aliphatic heterocycles. The van der Waals surface area contributed by atoms with Crippen molar-refractivity contribution >= 4 is 23.5 Å². The van der Waals surface area contributed by atoms with Crippen molar-refractivity contribution in [1.82, 2.24) is 0 Å². The number of rotatable bonds is 2. The van der Waals surface area contributed by atoms with Crippen LogP contribution in [0.5, 0.6) is 0 Å². The van der Waals surface area contributed by atoms with E-state index in [9.17, 15) is 0 Å². The molecule has 0 saturated carbocycles. The Kier molecular flexibility index (Phi) is 3.45. The molecule has 31 heavy (non-hydrogen) atoms. The van der Waals surface area contributed by atoms with Crippen LogP contribution < -0.4 is 5.32 Å². The van der Waals surface area contributed by atoms with E-state index in [0.717, 1.165) is 0 Å². The molecule has 2 aliphatic carbocycles. The average molecular weight is 396 g/mol. The fourth-order valence-corrected chi connectivity index (χ4v) is 5.59. The molecule has 0 saturated heterocycles. The lowest BCUT2D eigenvalue weighted by molar-refractivity contribution is 0.669. The van der Waals surface area contributed by atoms with E-state index in [1.54, 1.807) is 0 Å². The molecule has 0 bridgehead atoms. The zero-order chi connectivity index (χ0) is 20.4. The molecule has 0 aromatic heterocycles. The Labute approximate surface area is 182 Å². The van der Waals surface area contributed by atoms with Gasteiger partial charge in [-0.25, -0.2) is 0 Å². The Hall–Kier alpha value is -3.84. The molecule has 0 amide bonds. The van der Waals surface area contributed by atoms with Crippen molar-refractivity contribution < 1.29 is 0 Å². The van der Waals surface area contributed by atoms with Gasteiger partial charge in [-0.3, -0.25) is 0 Å². The van der Waals surface area contributed by atoms with Crippen LogP contribution in [0, 0.1) is 5.92 Å². The van der Waals surface area contributed by atoms with Crippen LogP contribution in [-0.4, -0.2) is 0 Å². The fraction of sp³-hybridized carbons (Fsp3) is 0.0667. The molecule has 1 N–H and O–H groups in total. The maximum Gasteiger partial charge on any atom is 0.0509 e. The van der Waals surface area contributed by atoms with Gasteiger partial charge in [0.1, 0.15) is 0 Å². The lowest BCUT2D eigenvalue weighted by Crippen LogP contribution is -2.25. The third-order valence-electron chi connectivity index (χ3n) is 6.98. The van der Waals surface area contributed by atoms with Gasteiger partial charge in [0.2, 0.25) is 0 Å². The van der Waals surface area contributed by atoms with Crippen LogP contribution in [-0.2, 0) is 0 Å². The minimum absolute atomic E-state index is 0.360. The summed E-state index contributed by atoms with van der Waals surface area (Å²) >= 11 is 0. The maximum atomic E-state index is 3.94. The van der Waals surface area contributed by atoms with Crippen molar-refractivity contribution in [2.24, 2.45) is 5.92 Å². The Morgan fingerprint density at radius 1 is 0.516 bits per heavy atom. The van der Waals surface area contributed by atoms with Gasteiger partial charge in [-0.05, 0) is 33.4 Å². The lowest BCUT2D eigenvalue weighted by atomic mass is 9.67. The number of hydrogen-bond donors (Lipinski definition) is 1. The standard InChI is InChI=1S/C30H21N/c1-3-7-19(8-4-1)24-17-15-22-13-11-21-12-14-23-16-18-25(20-9-5-2-6-10-20)30-28(23)26(21)27(22)29(24)31-30/h1-18,21,26,31H. The molecule has 146 valence electrons. The van der Waals surface area contributed by atoms with E-state index in [2.05, 4.69) is 115 Å². The van der Waals surface area contributed by atoms with E-state index < -0.39 is 0 Å². The van der Waals surface area contributed by atoms with Crippen LogP contribution in [0.2, 0.25) is 0 Å². The zero-order valence-electron chi connectivity index (χ0n) is 17.0. The first-order chi connectivity index (χ1) is 15.4. The summed E-state index contributed by atoms with van der Waals surface area (Å²) in [7, 11) is 0. The summed E-state index contributed by atoms with van der Waals surface area (Å²) < 4.78 is 0. The molecule has 0 fully saturated rings. The van der Waals surface area contributed by atoms with E-state index in [4.69, 9.17) is 0 Å². The van der Waals surface area contributed by atoms with Crippen LogP contribution in [0.25, 0.3) is 34.4 Å². The van der Waals surface area contributed by atoms with Crippen molar-refractivity contribution in [3.63, 3.8) is 0 Å². The quantitative estimate of drug-likeness (QED) is 0.364. The van der Waals surface area contributed by atoms with Crippen molar-refractivity contribution in [2.45, 2.75) is 5.92 Å². The minimum Gasteiger partial charge on any atom is -0.354 e. The molecule has 0 radical (unpaired) electrons. The SMILES string of the molecule is C1=CC2C=Cc3ccc(-c4ccccc4)c4c3C2c2c1ccc(-c1ccccc1)c2N4. The van der Waals surface area contributed by atoms with Crippen LogP contribution in [0.1, 0.15) is 28.2 Å². The molecule has 1 heteroatoms. The molecule has 4 aromatic rings. The molecule has 1 heterocycles. The molecular formula is C30H21N. The number of allylic oxidation sites excluding steroid dienone is 2.